The zero-order chi connectivity index (χ0) is 10.0. The van der Waals surface area contributed by atoms with Crippen LogP contribution < -0.4 is 0 Å². The monoisotopic (exact) mass is 184 g/mol. The third kappa shape index (κ3) is 2.31. The Morgan fingerprint density at radius 1 is 1.69 bits per heavy atom. The van der Waals surface area contributed by atoms with Crippen molar-refractivity contribution < 1.29 is 19.4 Å². The molecule has 0 spiro atoms. The van der Waals surface area contributed by atoms with Crippen molar-refractivity contribution in [1.82, 2.24) is 0 Å². The van der Waals surface area contributed by atoms with Crippen LogP contribution >= 0.6 is 0 Å². The van der Waals surface area contributed by atoms with Gasteiger partial charge in [-0.05, 0) is 5.92 Å². The fraction of sp³-hybridized carbons (Fsp3) is 0.556. The average Bonchev–Trinajstić information content (AvgIpc) is 2.03. The minimum absolute atomic E-state index is 0.190. The molecule has 4 nitrogen and oxygen atoms in total. The predicted octanol–water partition coefficient (Wildman–Crippen LogP) is 0.969. The normalized spacial score (nSPS) is 22.5. The number of ether oxygens (including phenoxy) is 1. The lowest BCUT2D eigenvalue weighted by Gasteiger charge is -2.21. The Labute approximate surface area is 76.2 Å². The summed E-state index contributed by atoms with van der Waals surface area (Å²) in [4.78, 5) is 21.5. The number of aliphatic carboxylic acids is 1. The zero-order valence-corrected chi connectivity index (χ0v) is 7.61. The van der Waals surface area contributed by atoms with Crippen LogP contribution in [0.1, 0.15) is 20.3 Å². The molecule has 1 heterocycles. The summed E-state index contributed by atoms with van der Waals surface area (Å²) in [6.07, 6.45) is 0.679. The number of carbonyl (C=O) groups is 2. The Hall–Kier alpha value is -1.32. The van der Waals surface area contributed by atoms with Gasteiger partial charge < -0.3 is 9.84 Å². The van der Waals surface area contributed by atoms with E-state index in [0.29, 0.717) is 6.42 Å². The summed E-state index contributed by atoms with van der Waals surface area (Å²) in [5, 5.41) is 8.65. The van der Waals surface area contributed by atoms with Gasteiger partial charge in [-0.1, -0.05) is 19.4 Å². The van der Waals surface area contributed by atoms with Crippen molar-refractivity contribution in [2.75, 3.05) is 0 Å². The molecule has 0 amide bonds. The Balaban J connectivity index is 2.79. The van der Waals surface area contributed by atoms with E-state index >= 15 is 0 Å². The van der Waals surface area contributed by atoms with E-state index in [9.17, 15) is 9.59 Å². The standard InChI is InChI=1S/C9H12O4/c1-5(2)6-3-7(9(11)12)13-8(10)4-6/h4-5,7H,3H2,1-2H3,(H,11,12)/t7-/m0/s1. The van der Waals surface area contributed by atoms with Gasteiger partial charge in [0.1, 0.15) is 0 Å². The fourth-order valence-electron chi connectivity index (χ4n) is 1.18. The van der Waals surface area contributed by atoms with Crippen LogP contribution in [0.3, 0.4) is 0 Å². The van der Waals surface area contributed by atoms with E-state index in [2.05, 4.69) is 4.74 Å². The van der Waals surface area contributed by atoms with E-state index in [1.165, 1.54) is 6.08 Å². The van der Waals surface area contributed by atoms with Crippen molar-refractivity contribution in [3.8, 4) is 0 Å². The molecule has 0 radical (unpaired) electrons. The van der Waals surface area contributed by atoms with Gasteiger partial charge in [-0.25, -0.2) is 9.59 Å². The molecule has 0 bridgehead atoms. The molecular formula is C9H12O4. The Kier molecular flexibility index (Phi) is 2.70. The molecule has 0 saturated heterocycles. The van der Waals surface area contributed by atoms with Crippen LogP contribution in [0.2, 0.25) is 0 Å². The first-order chi connectivity index (χ1) is 6.00. The van der Waals surface area contributed by atoms with Crippen LogP contribution in [-0.4, -0.2) is 23.1 Å². The second-order valence-corrected chi connectivity index (χ2v) is 3.34. The number of hydrogen-bond donors (Lipinski definition) is 1. The molecule has 1 aliphatic rings. The lowest BCUT2D eigenvalue weighted by atomic mass is 9.95. The van der Waals surface area contributed by atoms with Gasteiger partial charge in [0, 0.05) is 12.5 Å². The van der Waals surface area contributed by atoms with Crippen LogP contribution in [-0.2, 0) is 14.3 Å². The van der Waals surface area contributed by atoms with Crippen molar-refractivity contribution in [3.05, 3.63) is 11.6 Å². The molecule has 0 aromatic carbocycles. The Morgan fingerprint density at radius 2 is 2.31 bits per heavy atom. The van der Waals surface area contributed by atoms with E-state index < -0.39 is 18.0 Å². The van der Waals surface area contributed by atoms with Crippen LogP contribution in [0.4, 0.5) is 0 Å². The second kappa shape index (κ2) is 3.60. The zero-order valence-electron chi connectivity index (χ0n) is 7.61. The van der Waals surface area contributed by atoms with Crippen LogP contribution in [0.5, 0.6) is 0 Å². The molecule has 0 aliphatic carbocycles. The van der Waals surface area contributed by atoms with Crippen LogP contribution in [0.15, 0.2) is 11.6 Å². The maximum Gasteiger partial charge on any atom is 0.345 e. The minimum atomic E-state index is -1.08. The van der Waals surface area contributed by atoms with Gasteiger partial charge in [-0.15, -0.1) is 0 Å². The summed E-state index contributed by atoms with van der Waals surface area (Å²) in [5.74, 6) is -1.45. The number of hydrogen-bond acceptors (Lipinski definition) is 3. The molecule has 1 aliphatic heterocycles. The summed E-state index contributed by atoms with van der Waals surface area (Å²) < 4.78 is 4.61. The molecule has 72 valence electrons. The summed E-state index contributed by atoms with van der Waals surface area (Å²) in [7, 11) is 0. The minimum Gasteiger partial charge on any atom is -0.478 e. The molecule has 0 saturated carbocycles. The summed E-state index contributed by atoms with van der Waals surface area (Å²) in [6.45, 7) is 3.84. The molecule has 1 atom stereocenters. The molecular weight excluding hydrogens is 172 g/mol. The molecule has 4 heteroatoms. The third-order valence-electron chi connectivity index (χ3n) is 2.00. The average molecular weight is 184 g/mol. The van der Waals surface area contributed by atoms with Crippen molar-refractivity contribution in [2.24, 2.45) is 5.92 Å². The maximum absolute atomic E-state index is 10.9. The maximum atomic E-state index is 10.9. The number of carbonyl (C=O) groups excluding carboxylic acids is 1. The number of carboxylic acids is 1. The highest BCUT2D eigenvalue weighted by molar-refractivity contribution is 5.87. The topological polar surface area (TPSA) is 63.6 Å². The van der Waals surface area contributed by atoms with Gasteiger partial charge in [0.05, 0.1) is 0 Å². The molecule has 13 heavy (non-hydrogen) atoms. The van der Waals surface area contributed by atoms with Gasteiger partial charge >= 0.3 is 11.9 Å². The first-order valence-corrected chi connectivity index (χ1v) is 4.14. The quantitative estimate of drug-likeness (QED) is 0.649. The predicted molar refractivity (Wildman–Crippen MR) is 45.1 cm³/mol. The van der Waals surface area contributed by atoms with Gasteiger partial charge in [0.25, 0.3) is 0 Å². The molecule has 0 fully saturated rings. The molecule has 1 N–H and O–H groups in total. The fourth-order valence-corrected chi connectivity index (χ4v) is 1.18. The number of carboxylic acid groups (broad SMARTS) is 1. The molecule has 0 aromatic rings. The van der Waals surface area contributed by atoms with E-state index in [4.69, 9.17) is 5.11 Å². The van der Waals surface area contributed by atoms with Gasteiger partial charge in [-0.3, -0.25) is 0 Å². The van der Waals surface area contributed by atoms with E-state index in [-0.39, 0.29) is 5.92 Å². The number of esters is 1. The molecule has 0 unspecified atom stereocenters. The largest absolute Gasteiger partial charge is 0.478 e. The van der Waals surface area contributed by atoms with Crippen LogP contribution in [0.25, 0.3) is 0 Å². The smallest absolute Gasteiger partial charge is 0.345 e. The summed E-state index contributed by atoms with van der Waals surface area (Å²) in [6, 6.07) is 0. The Bertz CT molecular complexity index is 265. The number of rotatable bonds is 2. The highest BCUT2D eigenvalue weighted by Crippen LogP contribution is 2.22. The summed E-state index contributed by atoms with van der Waals surface area (Å²) >= 11 is 0. The van der Waals surface area contributed by atoms with E-state index in [0.717, 1.165) is 5.57 Å². The highest BCUT2D eigenvalue weighted by Gasteiger charge is 2.28. The van der Waals surface area contributed by atoms with Gasteiger partial charge in [-0.2, -0.15) is 0 Å². The summed E-state index contributed by atoms with van der Waals surface area (Å²) in [5.41, 5.74) is 0.837. The van der Waals surface area contributed by atoms with Gasteiger partial charge in [0.2, 0.25) is 6.10 Å². The van der Waals surface area contributed by atoms with Crippen molar-refractivity contribution >= 4 is 11.9 Å². The van der Waals surface area contributed by atoms with Crippen LogP contribution in [0, 0.1) is 5.92 Å². The lowest BCUT2D eigenvalue weighted by Crippen LogP contribution is -2.31. The van der Waals surface area contributed by atoms with Crippen molar-refractivity contribution in [1.29, 1.82) is 0 Å². The number of cyclic esters (lactones) is 1. The first-order valence-electron chi connectivity index (χ1n) is 4.14. The van der Waals surface area contributed by atoms with E-state index in [1.807, 2.05) is 13.8 Å². The third-order valence-corrected chi connectivity index (χ3v) is 2.00. The highest BCUT2D eigenvalue weighted by atomic mass is 16.6. The van der Waals surface area contributed by atoms with E-state index in [1.54, 1.807) is 0 Å². The Morgan fingerprint density at radius 3 is 2.77 bits per heavy atom. The molecule has 1 rings (SSSR count). The van der Waals surface area contributed by atoms with Crippen molar-refractivity contribution in [2.45, 2.75) is 26.4 Å². The second-order valence-electron chi connectivity index (χ2n) is 3.34. The van der Waals surface area contributed by atoms with Gasteiger partial charge in [0.15, 0.2) is 0 Å². The first kappa shape index (κ1) is 9.77. The lowest BCUT2D eigenvalue weighted by molar-refractivity contribution is -0.161. The SMILES string of the molecule is CC(C)C1=CC(=O)O[C@H](C(=O)O)C1. The van der Waals surface area contributed by atoms with Crippen molar-refractivity contribution in [3.63, 3.8) is 0 Å². The molecule has 0 aromatic heterocycles.